The molecule has 9 rings (SSSR count). The first kappa shape index (κ1) is 30.9. The number of rotatable bonds is 5. The van der Waals surface area contributed by atoms with E-state index in [1.54, 1.807) is 0 Å². The Balaban J connectivity index is 1.15. The van der Waals surface area contributed by atoms with Gasteiger partial charge in [-0.25, -0.2) is 9.67 Å². The minimum atomic E-state index is -0.0329. The summed E-state index contributed by atoms with van der Waals surface area (Å²) in [5.41, 5.74) is 11.7. The number of nitrogens with zero attached hydrogens (tertiary/aromatic N) is 4. The number of para-hydroxylation sites is 1. The third-order valence-electron chi connectivity index (χ3n) is 9.92. The molecule has 4 aromatic heterocycles. The van der Waals surface area contributed by atoms with Crippen LogP contribution in [0.4, 0.5) is 0 Å². The van der Waals surface area contributed by atoms with E-state index in [0.29, 0.717) is 0 Å². The maximum absolute atomic E-state index is 6.58. The Kier molecular flexibility index (Phi) is 6.94. The van der Waals surface area contributed by atoms with Gasteiger partial charge in [0, 0.05) is 57.7 Å². The van der Waals surface area contributed by atoms with Crippen LogP contribution in [-0.4, -0.2) is 19.3 Å². The molecule has 0 aliphatic heterocycles. The molecule has 0 aliphatic rings. The van der Waals surface area contributed by atoms with Gasteiger partial charge >= 0.3 is 0 Å². The normalized spacial score (nSPS) is 12.1. The lowest BCUT2D eigenvalue weighted by molar-refractivity contribution is 0.483. The zero-order valence-electron chi connectivity index (χ0n) is 29.7. The summed E-state index contributed by atoms with van der Waals surface area (Å²) in [5, 5.41) is 9.42. The number of pyridine rings is 1. The van der Waals surface area contributed by atoms with Crippen LogP contribution in [0.3, 0.4) is 0 Å². The zero-order valence-corrected chi connectivity index (χ0v) is 29.7. The van der Waals surface area contributed by atoms with Gasteiger partial charge in [0.25, 0.3) is 0 Å². The van der Waals surface area contributed by atoms with Gasteiger partial charge < -0.3 is 9.15 Å². The number of furan rings is 1. The van der Waals surface area contributed by atoms with Gasteiger partial charge in [0.2, 0.25) is 0 Å². The Hall–Kier alpha value is -6.14. The van der Waals surface area contributed by atoms with Gasteiger partial charge in [-0.15, -0.1) is 0 Å². The van der Waals surface area contributed by atoms with Gasteiger partial charge in [-0.2, -0.15) is 5.10 Å². The van der Waals surface area contributed by atoms with Crippen LogP contribution in [0, 0.1) is 20.8 Å². The van der Waals surface area contributed by atoms with E-state index in [1.807, 2.05) is 59.5 Å². The number of benzene rings is 5. The summed E-state index contributed by atoms with van der Waals surface area (Å²) in [6, 6.07) is 37.8. The molecule has 0 radical (unpaired) electrons. The van der Waals surface area contributed by atoms with Crippen molar-refractivity contribution in [3.05, 3.63) is 144 Å². The lowest BCUT2D eigenvalue weighted by Gasteiger charge is -2.20. The number of ether oxygens (including phenoxy) is 1. The highest BCUT2D eigenvalue weighted by molar-refractivity contribution is 6.17. The fourth-order valence-electron chi connectivity index (χ4n) is 7.54. The summed E-state index contributed by atoms with van der Waals surface area (Å²) in [7, 11) is 0. The van der Waals surface area contributed by atoms with Gasteiger partial charge in [-0.3, -0.25) is 4.57 Å². The van der Waals surface area contributed by atoms with E-state index in [9.17, 15) is 0 Å². The molecule has 0 unspecified atom stereocenters. The Morgan fingerprint density at radius 3 is 2.25 bits per heavy atom. The van der Waals surface area contributed by atoms with Gasteiger partial charge in [-0.05, 0) is 97.5 Å². The average molecular weight is 667 g/mol. The third-order valence-corrected chi connectivity index (χ3v) is 9.92. The molecule has 9 aromatic rings. The number of hydrogen-bond acceptors (Lipinski definition) is 4. The Morgan fingerprint density at radius 1 is 0.647 bits per heavy atom. The van der Waals surface area contributed by atoms with E-state index in [1.165, 1.54) is 27.8 Å². The van der Waals surface area contributed by atoms with Crippen LogP contribution in [0.1, 0.15) is 43.0 Å². The molecule has 250 valence electrons. The number of hydrogen-bond donors (Lipinski definition) is 0. The molecule has 51 heavy (non-hydrogen) atoms. The molecule has 0 saturated carbocycles. The summed E-state index contributed by atoms with van der Waals surface area (Å²) < 4.78 is 17.1. The molecule has 0 saturated heterocycles. The second-order valence-corrected chi connectivity index (χ2v) is 14.6. The second kappa shape index (κ2) is 11.5. The Bertz CT molecular complexity index is 2790. The van der Waals surface area contributed by atoms with E-state index in [0.717, 1.165) is 72.4 Å². The van der Waals surface area contributed by atoms with Gasteiger partial charge in [0.1, 0.15) is 28.5 Å². The van der Waals surface area contributed by atoms with Crippen molar-refractivity contribution in [1.82, 2.24) is 19.3 Å². The SMILES string of the molecule is Cc1cc(C)c(-c2ccn(-c3cccc(Oc4ccc5c6cc7c(cc6n(-c6cc(C(C)(C)C)ccn6)c5c4)oc4ccccc47)c3)n2)c(C)c1. The van der Waals surface area contributed by atoms with Crippen LogP contribution in [-0.2, 0) is 5.41 Å². The van der Waals surface area contributed by atoms with Gasteiger partial charge in [-0.1, -0.05) is 62.7 Å². The van der Waals surface area contributed by atoms with Crippen LogP contribution >= 0.6 is 0 Å². The predicted molar refractivity (Wildman–Crippen MR) is 208 cm³/mol. The molecule has 6 nitrogen and oxygen atoms in total. The quantitative estimate of drug-likeness (QED) is 0.183. The second-order valence-electron chi connectivity index (χ2n) is 14.6. The van der Waals surface area contributed by atoms with E-state index in [4.69, 9.17) is 19.2 Å². The molecule has 6 heteroatoms. The summed E-state index contributed by atoms with van der Waals surface area (Å²) in [6.45, 7) is 13.1. The van der Waals surface area contributed by atoms with Crippen LogP contribution in [0.15, 0.2) is 126 Å². The predicted octanol–water partition coefficient (Wildman–Crippen LogP) is 11.9. The molecule has 0 amide bonds. The minimum Gasteiger partial charge on any atom is -0.457 e. The fraction of sp³-hybridized carbons (Fsp3) is 0.156. The first-order valence-corrected chi connectivity index (χ1v) is 17.4. The monoisotopic (exact) mass is 666 g/mol. The van der Waals surface area contributed by atoms with Crippen molar-refractivity contribution in [2.75, 3.05) is 0 Å². The summed E-state index contributed by atoms with van der Waals surface area (Å²) in [6.07, 6.45) is 3.91. The summed E-state index contributed by atoms with van der Waals surface area (Å²) in [5.74, 6) is 2.31. The van der Waals surface area contributed by atoms with E-state index < -0.39 is 0 Å². The number of fused-ring (bicyclic) bond motifs is 6. The van der Waals surface area contributed by atoms with Crippen molar-refractivity contribution in [2.24, 2.45) is 0 Å². The molecule has 0 atom stereocenters. The van der Waals surface area contributed by atoms with Crippen LogP contribution in [0.2, 0.25) is 0 Å². The van der Waals surface area contributed by atoms with Crippen molar-refractivity contribution in [1.29, 1.82) is 0 Å². The highest BCUT2D eigenvalue weighted by Crippen LogP contribution is 2.40. The molecule has 5 aromatic carbocycles. The smallest absolute Gasteiger partial charge is 0.137 e. The van der Waals surface area contributed by atoms with E-state index in [2.05, 4.69) is 113 Å². The number of aromatic nitrogens is 4. The van der Waals surface area contributed by atoms with Crippen molar-refractivity contribution < 1.29 is 9.15 Å². The van der Waals surface area contributed by atoms with Crippen LogP contribution in [0.25, 0.3) is 66.5 Å². The molecule has 0 aliphatic carbocycles. The lowest BCUT2D eigenvalue weighted by atomic mass is 9.88. The molecule has 0 spiro atoms. The standard InChI is InChI=1S/C45H38N4O2/c1-27-20-28(2)44(29(3)21-27)38-17-19-48(47-38)31-10-9-11-32(23-31)50-33-14-15-34-36-25-37-35-12-7-8-13-41(35)51-42(37)26-40(36)49(39(34)24-33)43-22-30(16-18-46-43)45(4,5)6/h7-26H,1-6H3. The Labute approximate surface area is 296 Å². The van der Waals surface area contributed by atoms with Crippen molar-refractivity contribution in [3.8, 4) is 34.3 Å². The molecular formula is C45H38N4O2. The maximum atomic E-state index is 6.58. The van der Waals surface area contributed by atoms with Crippen molar-refractivity contribution in [3.63, 3.8) is 0 Å². The first-order chi connectivity index (χ1) is 24.6. The lowest BCUT2D eigenvalue weighted by Crippen LogP contribution is -2.12. The topological polar surface area (TPSA) is 58.0 Å². The van der Waals surface area contributed by atoms with Gasteiger partial charge in [0.05, 0.1) is 22.4 Å². The van der Waals surface area contributed by atoms with Crippen LogP contribution < -0.4 is 4.74 Å². The van der Waals surface area contributed by atoms with E-state index in [-0.39, 0.29) is 5.41 Å². The number of aryl methyl sites for hydroxylation is 3. The molecule has 0 bridgehead atoms. The summed E-state index contributed by atoms with van der Waals surface area (Å²) >= 11 is 0. The first-order valence-electron chi connectivity index (χ1n) is 17.4. The van der Waals surface area contributed by atoms with Gasteiger partial charge in [0.15, 0.2) is 0 Å². The Morgan fingerprint density at radius 2 is 1.43 bits per heavy atom. The highest BCUT2D eigenvalue weighted by atomic mass is 16.5. The average Bonchev–Trinajstić information content (AvgIpc) is 3.81. The highest BCUT2D eigenvalue weighted by Gasteiger charge is 2.20. The van der Waals surface area contributed by atoms with E-state index >= 15 is 0 Å². The maximum Gasteiger partial charge on any atom is 0.137 e. The fourth-order valence-corrected chi connectivity index (χ4v) is 7.54. The largest absolute Gasteiger partial charge is 0.457 e. The summed E-state index contributed by atoms with van der Waals surface area (Å²) in [4.78, 5) is 4.90. The van der Waals surface area contributed by atoms with Crippen molar-refractivity contribution >= 4 is 43.7 Å². The molecule has 4 heterocycles. The molecular weight excluding hydrogens is 629 g/mol. The zero-order chi connectivity index (χ0) is 35.0. The van der Waals surface area contributed by atoms with Crippen LogP contribution in [0.5, 0.6) is 11.5 Å². The molecule has 0 fully saturated rings. The van der Waals surface area contributed by atoms with Crippen molar-refractivity contribution in [2.45, 2.75) is 47.0 Å². The third kappa shape index (κ3) is 5.26. The minimum absolute atomic E-state index is 0.0329. The molecule has 0 N–H and O–H groups in total.